The van der Waals surface area contributed by atoms with Crippen LogP contribution in [0, 0.1) is 0 Å². The van der Waals surface area contributed by atoms with Gasteiger partial charge < -0.3 is 5.32 Å². The van der Waals surface area contributed by atoms with E-state index in [2.05, 4.69) is 162 Å². The molecule has 0 saturated heterocycles. The third-order valence-electron chi connectivity index (χ3n) is 10.9. The van der Waals surface area contributed by atoms with Crippen LogP contribution in [0.4, 0.5) is 5.69 Å². The Morgan fingerprint density at radius 3 is 1.25 bits per heavy atom. The van der Waals surface area contributed by atoms with Crippen LogP contribution in [0.5, 0.6) is 0 Å². The number of nitrogens with zero attached hydrogens (tertiary/aromatic N) is 1. The fourth-order valence-corrected chi connectivity index (χ4v) is 8.31. The Morgan fingerprint density at radius 1 is 0.333 bits per heavy atom. The summed E-state index contributed by atoms with van der Waals surface area (Å²) in [7, 11) is 0. The standard InChI is InChI=1S/C49H32N2/c1-2-7-31-17-36-22-41-25-42-27-46-34(20-39(42)24-40(41)21-35(36)16-30(31)6-1)12-11-33-19-38-23-37-18-32-8-5-10-49(51-15-13-45-9-3-4-14-50-45)48(32)29-44(37)26-43(38)28-47(33)46/h1-12,14,16-29,51H,13,15H2. The molecule has 10 aromatic carbocycles. The summed E-state index contributed by atoms with van der Waals surface area (Å²) >= 11 is 0. The fraction of sp³-hybridized carbons (Fsp3) is 0.0408. The van der Waals surface area contributed by atoms with Crippen molar-refractivity contribution in [3.05, 3.63) is 170 Å². The zero-order valence-corrected chi connectivity index (χ0v) is 27.9. The smallest absolute Gasteiger partial charge is 0.0421 e. The van der Waals surface area contributed by atoms with Gasteiger partial charge in [-0.15, -0.1) is 0 Å². The second-order valence-corrected chi connectivity index (χ2v) is 14.1. The Bertz CT molecular complexity index is 3220. The molecule has 0 bridgehead atoms. The number of pyridine rings is 1. The van der Waals surface area contributed by atoms with Crippen molar-refractivity contribution in [1.82, 2.24) is 4.98 Å². The van der Waals surface area contributed by atoms with E-state index in [1.54, 1.807) is 0 Å². The molecule has 0 radical (unpaired) electrons. The van der Waals surface area contributed by atoms with Crippen LogP contribution in [-0.2, 0) is 6.42 Å². The van der Waals surface area contributed by atoms with E-state index < -0.39 is 0 Å². The summed E-state index contributed by atoms with van der Waals surface area (Å²) in [6.07, 6.45) is 2.75. The highest BCUT2D eigenvalue weighted by atomic mass is 14.9. The zero-order valence-electron chi connectivity index (χ0n) is 27.9. The van der Waals surface area contributed by atoms with Gasteiger partial charge in [0.25, 0.3) is 0 Å². The van der Waals surface area contributed by atoms with Gasteiger partial charge in [-0.25, -0.2) is 0 Å². The minimum Gasteiger partial charge on any atom is -0.384 e. The predicted molar refractivity (Wildman–Crippen MR) is 220 cm³/mol. The molecule has 51 heavy (non-hydrogen) atoms. The Balaban J connectivity index is 1.03. The van der Waals surface area contributed by atoms with Crippen LogP contribution >= 0.6 is 0 Å². The SMILES string of the molecule is c1ccc(CCNc2cccc3cc4cc5cc6ccc7cc8cc9cc%10cc%11ccccc%11cc%10cc9cc8cc7c6cc5cc4cc23)nc1. The van der Waals surface area contributed by atoms with E-state index in [-0.39, 0.29) is 0 Å². The quantitative estimate of drug-likeness (QED) is 0.152. The molecular weight excluding hydrogens is 617 g/mol. The van der Waals surface area contributed by atoms with E-state index in [1.165, 1.54) is 97.0 Å². The lowest BCUT2D eigenvalue weighted by Crippen LogP contribution is -2.06. The van der Waals surface area contributed by atoms with E-state index in [1.807, 2.05) is 12.3 Å². The van der Waals surface area contributed by atoms with Crippen LogP contribution in [0.15, 0.2) is 164 Å². The van der Waals surface area contributed by atoms with Gasteiger partial charge in [0.05, 0.1) is 0 Å². The maximum absolute atomic E-state index is 4.49. The van der Waals surface area contributed by atoms with Crippen LogP contribution in [0.2, 0.25) is 0 Å². The second kappa shape index (κ2) is 11.0. The van der Waals surface area contributed by atoms with Crippen LogP contribution in [0.3, 0.4) is 0 Å². The molecule has 0 aliphatic heterocycles. The van der Waals surface area contributed by atoms with Gasteiger partial charge in [0.1, 0.15) is 0 Å². The molecule has 11 rings (SSSR count). The molecule has 2 heteroatoms. The largest absolute Gasteiger partial charge is 0.384 e. The highest BCUT2D eigenvalue weighted by Crippen LogP contribution is 2.37. The number of fused-ring (bicyclic) bond motifs is 10. The molecule has 1 aromatic heterocycles. The number of nitrogens with one attached hydrogen (secondary N) is 1. The van der Waals surface area contributed by atoms with Crippen LogP contribution in [0.1, 0.15) is 5.69 Å². The summed E-state index contributed by atoms with van der Waals surface area (Å²) in [5.41, 5.74) is 2.27. The van der Waals surface area contributed by atoms with E-state index in [9.17, 15) is 0 Å². The molecule has 1 heterocycles. The Labute approximate surface area is 294 Å². The first-order chi connectivity index (χ1) is 25.2. The summed E-state index contributed by atoms with van der Waals surface area (Å²) in [5, 5.41) is 26.6. The van der Waals surface area contributed by atoms with Crippen molar-refractivity contribution in [3.63, 3.8) is 0 Å². The monoisotopic (exact) mass is 648 g/mol. The summed E-state index contributed by atoms with van der Waals surface area (Å²) < 4.78 is 0. The molecule has 0 fully saturated rings. The number of aromatic nitrogens is 1. The number of hydrogen-bond donors (Lipinski definition) is 1. The van der Waals surface area contributed by atoms with Crippen molar-refractivity contribution < 1.29 is 0 Å². The van der Waals surface area contributed by atoms with Crippen molar-refractivity contribution in [2.24, 2.45) is 0 Å². The molecule has 1 N–H and O–H groups in total. The fourth-order valence-electron chi connectivity index (χ4n) is 8.31. The van der Waals surface area contributed by atoms with Crippen LogP contribution in [-0.4, -0.2) is 11.5 Å². The van der Waals surface area contributed by atoms with E-state index in [4.69, 9.17) is 0 Å². The summed E-state index contributed by atoms with van der Waals surface area (Å²) in [5.74, 6) is 0. The number of benzene rings is 10. The Hall–Kier alpha value is -6.51. The zero-order chi connectivity index (χ0) is 33.5. The molecule has 11 aromatic rings. The lowest BCUT2D eigenvalue weighted by molar-refractivity contribution is 0.963. The summed E-state index contributed by atoms with van der Waals surface area (Å²) in [6.45, 7) is 0.837. The molecule has 0 atom stereocenters. The molecular formula is C49H32N2. The highest BCUT2D eigenvalue weighted by Gasteiger charge is 2.10. The van der Waals surface area contributed by atoms with Gasteiger partial charge in [0, 0.05) is 35.9 Å². The van der Waals surface area contributed by atoms with Gasteiger partial charge >= 0.3 is 0 Å². The number of anilines is 1. The minimum atomic E-state index is 0.837. The average Bonchev–Trinajstić information content (AvgIpc) is 3.16. The van der Waals surface area contributed by atoms with Crippen molar-refractivity contribution in [2.75, 3.05) is 11.9 Å². The van der Waals surface area contributed by atoms with Crippen molar-refractivity contribution >= 4 is 103 Å². The molecule has 0 saturated carbocycles. The highest BCUT2D eigenvalue weighted by molar-refractivity contribution is 6.18. The molecule has 238 valence electrons. The molecule has 0 amide bonds. The molecule has 0 unspecified atom stereocenters. The predicted octanol–water partition coefficient (Wildman–Crippen LogP) is 13.1. The first kappa shape index (κ1) is 28.3. The summed E-state index contributed by atoms with van der Waals surface area (Å²) in [4.78, 5) is 4.49. The topological polar surface area (TPSA) is 24.9 Å². The first-order valence-corrected chi connectivity index (χ1v) is 17.8. The van der Waals surface area contributed by atoms with Crippen molar-refractivity contribution in [2.45, 2.75) is 6.42 Å². The van der Waals surface area contributed by atoms with Gasteiger partial charge in [0.15, 0.2) is 0 Å². The number of rotatable bonds is 4. The molecule has 0 aliphatic carbocycles. The maximum atomic E-state index is 4.49. The molecule has 0 aliphatic rings. The minimum absolute atomic E-state index is 0.837. The molecule has 2 nitrogen and oxygen atoms in total. The van der Waals surface area contributed by atoms with E-state index in [0.29, 0.717) is 0 Å². The van der Waals surface area contributed by atoms with Crippen molar-refractivity contribution in [3.8, 4) is 0 Å². The number of hydrogen-bond acceptors (Lipinski definition) is 2. The third kappa shape index (κ3) is 4.75. The lowest BCUT2D eigenvalue weighted by Gasteiger charge is -2.13. The summed E-state index contributed by atoms with van der Waals surface area (Å²) in [6, 6.07) is 58.9. The van der Waals surface area contributed by atoms with Gasteiger partial charge in [-0.1, -0.05) is 54.6 Å². The molecule has 0 spiro atoms. The van der Waals surface area contributed by atoms with Gasteiger partial charge in [-0.05, 0) is 195 Å². The average molecular weight is 649 g/mol. The van der Waals surface area contributed by atoms with Gasteiger partial charge in [-0.2, -0.15) is 0 Å². The Kier molecular flexibility index (Phi) is 6.11. The third-order valence-corrected chi connectivity index (χ3v) is 10.9. The van der Waals surface area contributed by atoms with Crippen LogP contribution in [0.25, 0.3) is 97.0 Å². The maximum Gasteiger partial charge on any atom is 0.0421 e. The van der Waals surface area contributed by atoms with E-state index >= 15 is 0 Å². The first-order valence-electron chi connectivity index (χ1n) is 17.8. The second-order valence-electron chi connectivity index (χ2n) is 14.1. The van der Waals surface area contributed by atoms with Gasteiger partial charge in [0.2, 0.25) is 0 Å². The Morgan fingerprint density at radius 2 is 0.745 bits per heavy atom. The normalized spacial score (nSPS) is 12.1. The van der Waals surface area contributed by atoms with E-state index in [0.717, 1.165) is 24.3 Å². The van der Waals surface area contributed by atoms with Crippen LogP contribution < -0.4 is 5.32 Å². The van der Waals surface area contributed by atoms with Crippen molar-refractivity contribution in [1.29, 1.82) is 0 Å². The van der Waals surface area contributed by atoms with Gasteiger partial charge in [-0.3, -0.25) is 4.98 Å². The lowest BCUT2D eigenvalue weighted by atomic mass is 9.93.